The second-order valence-electron chi connectivity index (χ2n) is 3.29. The molecule has 0 radical (unpaired) electrons. The molecule has 0 unspecified atom stereocenters. The lowest BCUT2D eigenvalue weighted by atomic mass is 10.3. The minimum absolute atomic E-state index is 0.430. The average molecular weight is 236 g/mol. The fourth-order valence-corrected chi connectivity index (χ4v) is 1.33. The van der Waals surface area contributed by atoms with E-state index in [-0.39, 0.29) is 0 Å². The molecule has 0 bridgehead atoms. The van der Waals surface area contributed by atoms with Gasteiger partial charge in [-0.1, -0.05) is 0 Å². The average Bonchev–Trinajstić information content (AvgIpc) is 2.39. The highest BCUT2D eigenvalue weighted by Crippen LogP contribution is 2.13. The Morgan fingerprint density at radius 2 is 2.35 bits per heavy atom. The fraction of sp³-hybridized carbons (Fsp3) is 0.500. The molecule has 17 heavy (non-hydrogen) atoms. The summed E-state index contributed by atoms with van der Waals surface area (Å²) in [6.45, 7) is 1.83. The van der Waals surface area contributed by atoms with Gasteiger partial charge >= 0.3 is 0 Å². The molecule has 0 aliphatic rings. The first kappa shape index (κ1) is 13.2. The molecule has 0 fully saturated rings. The molecule has 0 aromatic carbocycles. The number of aromatic nitrogens is 2. The quantitative estimate of drug-likeness (QED) is 0.512. The summed E-state index contributed by atoms with van der Waals surface area (Å²) in [6, 6.07) is 3.84. The van der Waals surface area contributed by atoms with Crippen LogP contribution in [-0.4, -0.2) is 36.8 Å². The summed E-state index contributed by atoms with van der Waals surface area (Å²) in [5.74, 6) is 6.54. The van der Waals surface area contributed by atoms with Crippen LogP contribution in [0.1, 0.15) is 6.42 Å². The standard InChI is InChI=1S/C10H16N6O/c1-17-6-5-16(4-2-3-11)10-7-9(15-12)13-8-14-10/h7-8H,2,4-6,12H2,1H3,(H,13,14,15). The molecule has 0 saturated carbocycles. The van der Waals surface area contributed by atoms with E-state index in [4.69, 9.17) is 15.8 Å². The third-order valence-electron chi connectivity index (χ3n) is 2.18. The van der Waals surface area contributed by atoms with Crippen molar-refractivity contribution in [1.29, 1.82) is 5.26 Å². The van der Waals surface area contributed by atoms with Crippen LogP contribution in [0.25, 0.3) is 0 Å². The zero-order valence-corrected chi connectivity index (χ0v) is 9.76. The molecule has 1 aromatic heterocycles. The predicted molar refractivity (Wildman–Crippen MR) is 64.2 cm³/mol. The van der Waals surface area contributed by atoms with E-state index in [9.17, 15) is 0 Å². The van der Waals surface area contributed by atoms with E-state index >= 15 is 0 Å². The van der Waals surface area contributed by atoms with Crippen LogP contribution in [-0.2, 0) is 4.74 Å². The van der Waals surface area contributed by atoms with E-state index in [1.807, 2.05) is 4.90 Å². The molecule has 0 aliphatic carbocycles. The van der Waals surface area contributed by atoms with Gasteiger partial charge < -0.3 is 15.1 Å². The smallest absolute Gasteiger partial charge is 0.145 e. The molecule has 0 atom stereocenters. The molecule has 1 rings (SSSR count). The summed E-state index contributed by atoms with van der Waals surface area (Å²) in [5, 5.41) is 8.62. The minimum atomic E-state index is 0.430. The van der Waals surface area contributed by atoms with Crippen LogP contribution in [0.4, 0.5) is 11.6 Å². The van der Waals surface area contributed by atoms with Gasteiger partial charge in [0.25, 0.3) is 0 Å². The molecule has 0 amide bonds. The highest BCUT2D eigenvalue weighted by molar-refractivity contribution is 5.47. The van der Waals surface area contributed by atoms with Crippen molar-refractivity contribution in [2.75, 3.05) is 37.1 Å². The number of nitrogens with two attached hydrogens (primary N) is 1. The first-order valence-electron chi connectivity index (χ1n) is 5.21. The predicted octanol–water partition coefficient (Wildman–Crippen LogP) is 0.129. The van der Waals surface area contributed by atoms with Gasteiger partial charge in [-0.3, -0.25) is 0 Å². The molecule has 0 spiro atoms. The van der Waals surface area contributed by atoms with E-state index in [1.165, 1.54) is 6.33 Å². The van der Waals surface area contributed by atoms with Crippen LogP contribution < -0.4 is 16.2 Å². The molecule has 7 nitrogen and oxygen atoms in total. The van der Waals surface area contributed by atoms with Gasteiger partial charge in [-0.25, -0.2) is 15.8 Å². The van der Waals surface area contributed by atoms with Gasteiger partial charge in [-0.05, 0) is 0 Å². The topological polar surface area (TPSA) is 100 Å². The monoisotopic (exact) mass is 236 g/mol. The second-order valence-corrected chi connectivity index (χ2v) is 3.29. The third-order valence-corrected chi connectivity index (χ3v) is 2.18. The Morgan fingerprint density at radius 3 is 3.00 bits per heavy atom. The first-order valence-corrected chi connectivity index (χ1v) is 5.21. The molecular weight excluding hydrogens is 220 g/mol. The minimum Gasteiger partial charge on any atom is -0.383 e. The van der Waals surface area contributed by atoms with Crippen molar-refractivity contribution in [2.45, 2.75) is 6.42 Å². The number of nitrogen functional groups attached to an aromatic ring is 1. The Balaban J connectivity index is 2.75. The van der Waals surface area contributed by atoms with Gasteiger partial charge in [0.05, 0.1) is 19.1 Å². The third kappa shape index (κ3) is 4.22. The summed E-state index contributed by atoms with van der Waals surface area (Å²) >= 11 is 0. The van der Waals surface area contributed by atoms with Crippen molar-refractivity contribution >= 4 is 11.6 Å². The number of hydrogen-bond donors (Lipinski definition) is 2. The number of rotatable bonds is 7. The van der Waals surface area contributed by atoms with Crippen molar-refractivity contribution in [3.05, 3.63) is 12.4 Å². The van der Waals surface area contributed by atoms with Gasteiger partial charge in [0.1, 0.15) is 18.0 Å². The van der Waals surface area contributed by atoms with Crippen molar-refractivity contribution in [3.63, 3.8) is 0 Å². The maximum atomic E-state index is 8.62. The molecule has 1 heterocycles. The summed E-state index contributed by atoms with van der Waals surface area (Å²) in [6.07, 6.45) is 1.86. The summed E-state index contributed by atoms with van der Waals surface area (Å²) in [4.78, 5) is 10.0. The van der Waals surface area contributed by atoms with Gasteiger partial charge in [-0.15, -0.1) is 0 Å². The highest BCUT2D eigenvalue weighted by atomic mass is 16.5. The maximum Gasteiger partial charge on any atom is 0.145 e. The van der Waals surface area contributed by atoms with Crippen LogP contribution in [0, 0.1) is 11.3 Å². The van der Waals surface area contributed by atoms with Crippen molar-refractivity contribution in [1.82, 2.24) is 9.97 Å². The van der Waals surface area contributed by atoms with Gasteiger partial charge in [-0.2, -0.15) is 5.26 Å². The Labute approximate surface area is 100 Å². The number of hydrazine groups is 1. The van der Waals surface area contributed by atoms with Crippen molar-refractivity contribution in [3.8, 4) is 6.07 Å². The van der Waals surface area contributed by atoms with Gasteiger partial charge in [0, 0.05) is 26.3 Å². The Bertz CT molecular complexity index is 377. The van der Waals surface area contributed by atoms with E-state index in [0.717, 1.165) is 5.82 Å². The largest absolute Gasteiger partial charge is 0.383 e. The number of ether oxygens (including phenoxy) is 1. The van der Waals surface area contributed by atoms with Crippen molar-refractivity contribution < 1.29 is 4.74 Å². The molecule has 3 N–H and O–H groups in total. The molecule has 92 valence electrons. The lowest BCUT2D eigenvalue weighted by molar-refractivity contribution is 0.205. The number of nitrogens with zero attached hydrogens (tertiary/aromatic N) is 4. The lowest BCUT2D eigenvalue weighted by Gasteiger charge is -2.22. The second kappa shape index (κ2) is 7.38. The molecule has 7 heteroatoms. The van der Waals surface area contributed by atoms with Crippen LogP contribution >= 0.6 is 0 Å². The van der Waals surface area contributed by atoms with Crippen LogP contribution in [0.5, 0.6) is 0 Å². The molecule has 0 aliphatic heterocycles. The Hall–Kier alpha value is -1.91. The molecule has 1 aromatic rings. The molecule has 0 saturated heterocycles. The van der Waals surface area contributed by atoms with Crippen molar-refractivity contribution in [2.24, 2.45) is 5.84 Å². The number of nitrogens with one attached hydrogen (secondary N) is 1. The van der Waals surface area contributed by atoms with E-state index < -0.39 is 0 Å². The number of anilines is 2. The maximum absolute atomic E-state index is 8.62. The van der Waals surface area contributed by atoms with Crippen LogP contribution in [0.3, 0.4) is 0 Å². The SMILES string of the molecule is COCCN(CCC#N)c1cc(NN)ncn1. The van der Waals surface area contributed by atoms with E-state index in [0.29, 0.717) is 31.9 Å². The van der Waals surface area contributed by atoms with Gasteiger partial charge in [0.15, 0.2) is 0 Å². The fourth-order valence-electron chi connectivity index (χ4n) is 1.33. The summed E-state index contributed by atoms with van der Waals surface area (Å²) in [7, 11) is 1.63. The van der Waals surface area contributed by atoms with Crippen LogP contribution in [0.15, 0.2) is 12.4 Å². The zero-order chi connectivity index (χ0) is 12.5. The summed E-state index contributed by atoms with van der Waals surface area (Å²) < 4.78 is 5.02. The number of hydrogen-bond acceptors (Lipinski definition) is 7. The lowest BCUT2D eigenvalue weighted by Crippen LogP contribution is -2.29. The van der Waals surface area contributed by atoms with E-state index in [1.54, 1.807) is 13.2 Å². The summed E-state index contributed by atoms with van der Waals surface area (Å²) in [5.41, 5.74) is 2.46. The zero-order valence-electron chi connectivity index (χ0n) is 9.76. The normalized spacial score (nSPS) is 9.71. The highest BCUT2D eigenvalue weighted by Gasteiger charge is 2.08. The van der Waals surface area contributed by atoms with Crippen LogP contribution in [0.2, 0.25) is 0 Å². The Morgan fingerprint density at radius 1 is 1.53 bits per heavy atom. The van der Waals surface area contributed by atoms with Gasteiger partial charge in [0.2, 0.25) is 0 Å². The number of methoxy groups -OCH3 is 1. The van der Waals surface area contributed by atoms with E-state index in [2.05, 4.69) is 21.5 Å². The number of nitriles is 1. The first-order chi connectivity index (χ1) is 8.31. The Kier molecular flexibility index (Phi) is 5.71. The molecular formula is C10H16N6O.